The van der Waals surface area contributed by atoms with E-state index in [1.54, 1.807) is 0 Å². The van der Waals surface area contributed by atoms with Gasteiger partial charge in [-0.1, -0.05) is 6.92 Å². The van der Waals surface area contributed by atoms with E-state index < -0.39 is 0 Å². The zero-order valence-corrected chi connectivity index (χ0v) is 15.5. The third-order valence-corrected chi connectivity index (χ3v) is 6.69. The summed E-state index contributed by atoms with van der Waals surface area (Å²) in [4.78, 5) is 6.92. The predicted octanol–water partition coefficient (Wildman–Crippen LogP) is 2.56. The minimum absolute atomic E-state index is 0.393. The van der Waals surface area contributed by atoms with Crippen LogP contribution in [0.25, 0.3) is 0 Å². The Morgan fingerprint density at radius 1 is 1.32 bits per heavy atom. The molecule has 0 aromatic heterocycles. The van der Waals surface area contributed by atoms with Crippen LogP contribution in [0.15, 0.2) is 4.99 Å². The summed E-state index contributed by atoms with van der Waals surface area (Å²) in [6, 6.07) is 0. The molecule has 0 spiro atoms. The van der Waals surface area contributed by atoms with Gasteiger partial charge in [0.2, 0.25) is 0 Å². The predicted molar refractivity (Wildman–Crippen MR) is 98.9 cm³/mol. The van der Waals surface area contributed by atoms with Gasteiger partial charge in [-0.15, -0.1) is 0 Å². The van der Waals surface area contributed by atoms with Gasteiger partial charge in [-0.25, -0.2) is 0 Å². The summed E-state index contributed by atoms with van der Waals surface area (Å²) >= 11 is 2.10. The highest BCUT2D eigenvalue weighted by Crippen LogP contribution is 2.36. The zero-order chi connectivity index (χ0) is 15.8. The van der Waals surface area contributed by atoms with Gasteiger partial charge in [-0.2, -0.15) is 11.8 Å². The molecule has 0 saturated carbocycles. The van der Waals surface area contributed by atoms with Crippen LogP contribution in [0.2, 0.25) is 0 Å². The van der Waals surface area contributed by atoms with Crippen LogP contribution in [-0.2, 0) is 0 Å². The normalized spacial score (nSPS) is 28.0. The summed E-state index contributed by atoms with van der Waals surface area (Å²) in [5, 5.41) is 7.01. The first-order valence-corrected chi connectivity index (χ1v) is 9.94. The molecule has 4 nitrogen and oxygen atoms in total. The van der Waals surface area contributed by atoms with Crippen molar-refractivity contribution in [2.75, 3.05) is 45.5 Å². The molecule has 0 bridgehead atoms. The second kappa shape index (κ2) is 9.02. The van der Waals surface area contributed by atoms with E-state index in [2.05, 4.69) is 46.1 Å². The number of nitrogens with one attached hydrogen (secondary N) is 2. The summed E-state index contributed by atoms with van der Waals surface area (Å²) in [7, 11) is 1.87. The fraction of sp³-hybridized carbons (Fsp3) is 0.941. The third kappa shape index (κ3) is 5.65. The highest BCUT2D eigenvalue weighted by molar-refractivity contribution is 8.00. The number of hydrogen-bond acceptors (Lipinski definition) is 3. The molecule has 2 aliphatic rings. The van der Waals surface area contributed by atoms with Crippen molar-refractivity contribution < 1.29 is 0 Å². The average Bonchev–Trinajstić information content (AvgIpc) is 2.98. The van der Waals surface area contributed by atoms with Crippen molar-refractivity contribution in [2.45, 2.75) is 50.7 Å². The molecule has 2 N–H and O–H groups in total. The van der Waals surface area contributed by atoms with Gasteiger partial charge in [0, 0.05) is 24.9 Å². The average molecular weight is 327 g/mol. The fourth-order valence-corrected chi connectivity index (χ4v) is 4.70. The molecule has 22 heavy (non-hydrogen) atoms. The molecule has 1 atom stereocenters. The molecular formula is C17H34N4S. The van der Waals surface area contributed by atoms with E-state index in [9.17, 15) is 0 Å². The van der Waals surface area contributed by atoms with Crippen molar-refractivity contribution >= 4 is 17.7 Å². The maximum Gasteiger partial charge on any atom is 0.191 e. The Morgan fingerprint density at radius 2 is 2.09 bits per heavy atom. The SMILES string of the molecule is CCN1CCC(CCNC(=NC)NCC2(C)CCCS2)CC1. The molecule has 2 saturated heterocycles. The first-order chi connectivity index (χ1) is 10.6. The fourth-order valence-electron chi connectivity index (χ4n) is 3.45. The number of aliphatic imine (C=N–C) groups is 1. The number of rotatable bonds is 6. The first kappa shape index (κ1) is 17.9. The smallest absolute Gasteiger partial charge is 0.191 e. The van der Waals surface area contributed by atoms with E-state index in [0.717, 1.165) is 25.0 Å². The van der Waals surface area contributed by atoms with E-state index in [4.69, 9.17) is 0 Å². The van der Waals surface area contributed by atoms with Crippen molar-refractivity contribution in [3.63, 3.8) is 0 Å². The minimum Gasteiger partial charge on any atom is -0.356 e. The summed E-state index contributed by atoms with van der Waals surface area (Å²) in [5.41, 5.74) is 0. The molecule has 2 fully saturated rings. The molecule has 0 amide bonds. The lowest BCUT2D eigenvalue weighted by atomic mass is 9.93. The number of nitrogens with zero attached hydrogens (tertiary/aromatic N) is 2. The van der Waals surface area contributed by atoms with Crippen molar-refractivity contribution in [1.82, 2.24) is 15.5 Å². The lowest BCUT2D eigenvalue weighted by Crippen LogP contribution is -2.44. The van der Waals surface area contributed by atoms with Crippen LogP contribution >= 0.6 is 11.8 Å². The number of likely N-dealkylation sites (tertiary alicyclic amines) is 1. The van der Waals surface area contributed by atoms with Crippen molar-refractivity contribution in [3.05, 3.63) is 0 Å². The Morgan fingerprint density at radius 3 is 2.68 bits per heavy atom. The van der Waals surface area contributed by atoms with E-state index in [0.29, 0.717) is 4.75 Å². The monoisotopic (exact) mass is 326 g/mol. The van der Waals surface area contributed by atoms with Crippen molar-refractivity contribution in [3.8, 4) is 0 Å². The number of hydrogen-bond donors (Lipinski definition) is 2. The number of guanidine groups is 1. The Labute approximate surface area is 140 Å². The van der Waals surface area contributed by atoms with Gasteiger partial charge >= 0.3 is 0 Å². The lowest BCUT2D eigenvalue weighted by molar-refractivity contribution is 0.187. The highest BCUT2D eigenvalue weighted by atomic mass is 32.2. The molecular weight excluding hydrogens is 292 g/mol. The molecule has 128 valence electrons. The quantitative estimate of drug-likeness (QED) is 0.581. The minimum atomic E-state index is 0.393. The van der Waals surface area contributed by atoms with Crippen LogP contribution < -0.4 is 10.6 Å². The second-order valence-corrected chi connectivity index (χ2v) is 8.60. The first-order valence-electron chi connectivity index (χ1n) is 8.96. The topological polar surface area (TPSA) is 39.7 Å². The Kier molecular flexibility index (Phi) is 7.35. The van der Waals surface area contributed by atoms with Gasteiger partial charge < -0.3 is 15.5 Å². The maximum atomic E-state index is 4.37. The van der Waals surface area contributed by atoms with Crippen LogP contribution in [0.3, 0.4) is 0 Å². The number of thioether (sulfide) groups is 1. The Hall–Kier alpha value is -0.420. The van der Waals surface area contributed by atoms with Gasteiger partial charge in [0.05, 0.1) is 0 Å². The molecule has 0 aliphatic carbocycles. The van der Waals surface area contributed by atoms with E-state index in [1.165, 1.54) is 57.5 Å². The van der Waals surface area contributed by atoms with Crippen molar-refractivity contribution in [2.24, 2.45) is 10.9 Å². The van der Waals surface area contributed by atoms with Gasteiger partial charge in [0.1, 0.15) is 0 Å². The van der Waals surface area contributed by atoms with E-state index in [-0.39, 0.29) is 0 Å². The van der Waals surface area contributed by atoms with Crippen LogP contribution in [0.4, 0.5) is 0 Å². The molecule has 2 heterocycles. The molecule has 2 aliphatic heterocycles. The molecule has 0 aromatic rings. The summed E-state index contributed by atoms with van der Waals surface area (Å²) < 4.78 is 0.393. The zero-order valence-electron chi connectivity index (χ0n) is 14.7. The van der Waals surface area contributed by atoms with E-state index in [1.807, 2.05) is 7.05 Å². The largest absolute Gasteiger partial charge is 0.356 e. The number of piperidine rings is 1. The summed E-state index contributed by atoms with van der Waals surface area (Å²) in [6.45, 7) is 10.5. The molecule has 5 heteroatoms. The highest BCUT2D eigenvalue weighted by Gasteiger charge is 2.29. The lowest BCUT2D eigenvalue weighted by Gasteiger charge is -2.31. The standard InChI is InChI=1S/C17H34N4S/c1-4-21-11-7-15(8-12-21)6-10-19-16(18-3)20-14-17(2)9-5-13-22-17/h15H,4-14H2,1-3H3,(H2,18,19,20). The summed E-state index contributed by atoms with van der Waals surface area (Å²) in [6.07, 6.45) is 6.65. The second-order valence-electron chi connectivity index (χ2n) is 6.92. The van der Waals surface area contributed by atoms with Crippen molar-refractivity contribution in [1.29, 1.82) is 0 Å². The molecule has 0 radical (unpaired) electrons. The maximum absolute atomic E-state index is 4.37. The third-order valence-electron chi connectivity index (χ3n) is 5.15. The van der Waals surface area contributed by atoms with Gasteiger partial charge in [0.15, 0.2) is 5.96 Å². The Bertz CT molecular complexity index is 345. The van der Waals surface area contributed by atoms with Gasteiger partial charge in [-0.3, -0.25) is 4.99 Å². The van der Waals surface area contributed by atoms with Gasteiger partial charge in [-0.05, 0) is 70.3 Å². The van der Waals surface area contributed by atoms with Crippen LogP contribution in [0.1, 0.15) is 46.0 Å². The van der Waals surface area contributed by atoms with E-state index >= 15 is 0 Å². The van der Waals surface area contributed by atoms with Gasteiger partial charge in [0.25, 0.3) is 0 Å². The molecule has 2 rings (SSSR count). The molecule has 0 aromatic carbocycles. The Balaban J connectivity index is 1.60. The molecule has 1 unspecified atom stereocenters. The summed E-state index contributed by atoms with van der Waals surface area (Å²) in [5.74, 6) is 3.16. The van der Waals surface area contributed by atoms with Crippen LogP contribution in [-0.4, -0.2) is 61.1 Å². The van der Waals surface area contributed by atoms with Crippen LogP contribution in [0.5, 0.6) is 0 Å². The van der Waals surface area contributed by atoms with Crippen LogP contribution in [0, 0.1) is 5.92 Å².